The zero-order valence-corrected chi connectivity index (χ0v) is 17.1. The summed E-state index contributed by atoms with van der Waals surface area (Å²) in [6, 6.07) is 7.46. The van der Waals surface area contributed by atoms with Gasteiger partial charge in [0.25, 0.3) is 5.91 Å². The summed E-state index contributed by atoms with van der Waals surface area (Å²) in [5.41, 5.74) is 0.444. The zero-order chi connectivity index (χ0) is 19.1. The summed E-state index contributed by atoms with van der Waals surface area (Å²) in [6.07, 6.45) is 0.858. The first-order valence-corrected chi connectivity index (χ1v) is 9.72. The minimum atomic E-state index is -0.198. The van der Waals surface area contributed by atoms with Crippen LogP contribution in [0, 0.1) is 0 Å². The summed E-state index contributed by atoms with van der Waals surface area (Å²) in [4.78, 5) is 15.9. The molecule has 1 amide bonds. The maximum atomic E-state index is 12.6. The van der Waals surface area contributed by atoms with Gasteiger partial charge in [-0.3, -0.25) is 4.79 Å². The molecule has 0 aliphatic rings. The van der Waals surface area contributed by atoms with Gasteiger partial charge in [-0.25, -0.2) is 0 Å². The fourth-order valence-electron chi connectivity index (χ4n) is 2.51. The van der Waals surface area contributed by atoms with E-state index in [-0.39, 0.29) is 11.9 Å². The molecule has 26 heavy (non-hydrogen) atoms. The number of amides is 1. The molecule has 2 aromatic rings. The Hall–Kier alpha value is -1.76. The van der Waals surface area contributed by atoms with Crippen molar-refractivity contribution in [2.75, 3.05) is 34.4 Å². The van der Waals surface area contributed by atoms with Crippen molar-refractivity contribution in [2.24, 2.45) is 0 Å². The normalized spacial score (nSPS) is 12.1. The summed E-state index contributed by atoms with van der Waals surface area (Å²) in [5, 5.41) is 5.38. The summed E-state index contributed by atoms with van der Waals surface area (Å²) in [6.45, 7) is 3.05. The van der Waals surface area contributed by atoms with Crippen LogP contribution in [0.5, 0.6) is 11.5 Å². The lowest BCUT2D eigenvalue weighted by Crippen LogP contribution is -2.34. The number of ether oxygens (including phenoxy) is 2. The average Bonchev–Trinajstić information content (AvgIpc) is 3.14. The summed E-state index contributed by atoms with van der Waals surface area (Å²) < 4.78 is 11.0. The number of thiophene rings is 1. The van der Waals surface area contributed by atoms with Crippen LogP contribution in [-0.4, -0.2) is 45.2 Å². The van der Waals surface area contributed by atoms with Crippen LogP contribution in [0.3, 0.4) is 0 Å². The van der Waals surface area contributed by atoms with E-state index in [0.29, 0.717) is 35.2 Å². The highest BCUT2D eigenvalue weighted by Gasteiger charge is 2.19. The molecule has 0 spiro atoms. The molecular weight excluding hydrogens is 372 g/mol. The van der Waals surface area contributed by atoms with E-state index < -0.39 is 0 Å². The predicted molar refractivity (Wildman–Crippen MR) is 107 cm³/mol. The number of hydrogen-bond acceptors (Lipinski definition) is 5. The smallest absolute Gasteiger partial charge is 0.251 e. The van der Waals surface area contributed by atoms with E-state index in [2.05, 4.69) is 16.3 Å². The van der Waals surface area contributed by atoms with Crippen molar-refractivity contribution in [3.05, 3.63) is 45.1 Å². The largest absolute Gasteiger partial charge is 0.493 e. The molecule has 0 fully saturated rings. The Morgan fingerprint density at radius 3 is 2.73 bits per heavy atom. The van der Waals surface area contributed by atoms with Crippen LogP contribution < -0.4 is 14.8 Å². The maximum Gasteiger partial charge on any atom is 0.251 e. The molecule has 1 N–H and O–H groups in total. The van der Waals surface area contributed by atoms with Crippen LogP contribution in [0.1, 0.15) is 34.6 Å². The number of nitrogens with zero attached hydrogens (tertiary/aromatic N) is 1. The highest BCUT2D eigenvalue weighted by Crippen LogP contribution is 2.36. The fourth-order valence-corrected chi connectivity index (χ4v) is 3.69. The number of likely N-dealkylation sites (N-methyl/N-ethyl adjacent to an activating group) is 1. The number of carbonyl (C=O) groups excluding carboxylic acids is 1. The van der Waals surface area contributed by atoms with Gasteiger partial charge < -0.3 is 19.7 Å². The maximum absolute atomic E-state index is 12.6. The first-order chi connectivity index (χ1) is 12.5. The second-order valence-corrected chi connectivity index (χ2v) is 7.43. The van der Waals surface area contributed by atoms with E-state index in [9.17, 15) is 4.79 Å². The van der Waals surface area contributed by atoms with Gasteiger partial charge >= 0.3 is 0 Å². The van der Waals surface area contributed by atoms with E-state index in [4.69, 9.17) is 21.1 Å². The number of hydrogen-bond donors (Lipinski definition) is 1. The summed E-state index contributed by atoms with van der Waals surface area (Å²) in [7, 11) is 5.53. The molecule has 7 heteroatoms. The van der Waals surface area contributed by atoms with Gasteiger partial charge in [-0.2, -0.15) is 0 Å². The Morgan fingerprint density at radius 1 is 1.38 bits per heavy atom. The quantitative estimate of drug-likeness (QED) is 0.689. The van der Waals surface area contributed by atoms with E-state index in [1.54, 1.807) is 23.5 Å². The van der Waals surface area contributed by atoms with Crippen molar-refractivity contribution >= 4 is 28.8 Å². The number of carbonyl (C=O) groups is 1. The molecule has 0 saturated heterocycles. The molecule has 0 aliphatic carbocycles. The third-order valence-electron chi connectivity index (χ3n) is 3.89. The monoisotopic (exact) mass is 396 g/mol. The molecule has 1 aromatic carbocycles. The zero-order valence-electron chi connectivity index (χ0n) is 15.5. The van der Waals surface area contributed by atoms with Crippen LogP contribution in [0.4, 0.5) is 0 Å². The van der Waals surface area contributed by atoms with Crippen LogP contribution in [-0.2, 0) is 0 Å². The standard InChI is InChI=1S/C19H25ClN2O3S/c1-5-8-25-18-14(20)10-13(11-16(18)24-4)19(23)21-12-15(22(2)3)17-7-6-9-26-17/h6-7,9-11,15H,5,8,12H2,1-4H3,(H,21,23). The molecule has 1 heterocycles. The van der Waals surface area contributed by atoms with E-state index in [0.717, 1.165) is 6.42 Å². The highest BCUT2D eigenvalue weighted by atomic mass is 35.5. The van der Waals surface area contributed by atoms with E-state index >= 15 is 0 Å². The topological polar surface area (TPSA) is 50.8 Å². The minimum absolute atomic E-state index is 0.114. The minimum Gasteiger partial charge on any atom is -0.493 e. The van der Waals surface area contributed by atoms with Crippen molar-refractivity contribution in [1.29, 1.82) is 0 Å². The Labute approximate surface area is 163 Å². The number of rotatable bonds is 9. The number of benzene rings is 1. The SMILES string of the molecule is CCCOc1c(Cl)cc(C(=O)NCC(c2cccs2)N(C)C)cc1OC. The molecule has 0 radical (unpaired) electrons. The first kappa shape index (κ1) is 20.6. The molecule has 0 bridgehead atoms. The van der Waals surface area contributed by atoms with Crippen molar-refractivity contribution in [3.8, 4) is 11.5 Å². The molecule has 1 atom stereocenters. The Morgan fingerprint density at radius 2 is 2.15 bits per heavy atom. The molecule has 2 rings (SSSR count). The third-order valence-corrected chi connectivity index (χ3v) is 5.15. The lowest BCUT2D eigenvalue weighted by molar-refractivity contribution is 0.0942. The van der Waals surface area contributed by atoms with Crippen LogP contribution >= 0.6 is 22.9 Å². The lowest BCUT2D eigenvalue weighted by atomic mass is 10.1. The second kappa shape index (κ2) is 9.80. The second-order valence-electron chi connectivity index (χ2n) is 6.04. The van der Waals surface area contributed by atoms with Crippen molar-refractivity contribution in [1.82, 2.24) is 10.2 Å². The summed E-state index contributed by atoms with van der Waals surface area (Å²) >= 11 is 7.97. The first-order valence-electron chi connectivity index (χ1n) is 8.46. The van der Waals surface area contributed by atoms with Gasteiger partial charge in [0, 0.05) is 17.0 Å². The molecule has 1 aromatic heterocycles. The molecule has 142 valence electrons. The summed E-state index contributed by atoms with van der Waals surface area (Å²) in [5.74, 6) is 0.728. The average molecular weight is 397 g/mol. The fraction of sp³-hybridized carbons (Fsp3) is 0.421. The van der Waals surface area contributed by atoms with Gasteiger partial charge in [-0.15, -0.1) is 11.3 Å². The molecule has 5 nitrogen and oxygen atoms in total. The molecular formula is C19H25ClN2O3S. The Kier molecular flexibility index (Phi) is 7.75. The van der Waals surface area contributed by atoms with Crippen LogP contribution in [0.2, 0.25) is 5.02 Å². The van der Waals surface area contributed by atoms with Gasteiger partial charge in [-0.1, -0.05) is 24.6 Å². The lowest BCUT2D eigenvalue weighted by Gasteiger charge is -2.23. The van der Waals surface area contributed by atoms with Crippen molar-refractivity contribution in [3.63, 3.8) is 0 Å². The van der Waals surface area contributed by atoms with Gasteiger partial charge in [0.15, 0.2) is 11.5 Å². The van der Waals surface area contributed by atoms with E-state index in [1.807, 2.05) is 32.5 Å². The number of halogens is 1. The van der Waals surface area contributed by atoms with Crippen molar-refractivity contribution < 1.29 is 14.3 Å². The van der Waals surface area contributed by atoms with E-state index in [1.165, 1.54) is 12.0 Å². The van der Waals surface area contributed by atoms with Gasteiger partial charge in [0.05, 0.1) is 24.8 Å². The van der Waals surface area contributed by atoms with Gasteiger partial charge in [0.2, 0.25) is 0 Å². The highest BCUT2D eigenvalue weighted by molar-refractivity contribution is 7.10. The molecule has 1 unspecified atom stereocenters. The number of nitrogens with one attached hydrogen (secondary N) is 1. The molecule has 0 aliphatic heterocycles. The Bertz CT molecular complexity index is 720. The van der Waals surface area contributed by atoms with Crippen LogP contribution in [0.25, 0.3) is 0 Å². The van der Waals surface area contributed by atoms with Gasteiger partial charge in [-0.05, 0) is 44.1 Å². The number of methoxy groups -OCH3 is 1. The third kappa shape index (κ3) is 5.13. The van der Waals surface area contributed by atoms with Crippen molar-refractivity contribution in [2.45, 2.75) is 19.4 Å². The Balaban J connectivity index is 2.12. The van der Waals surface area contributed by atoms with Gasteiger partial charge in [0.1, 0.15) is 0 Å². The van der Waals surface area contributed by atoms with Crippen LogP contribution in [0.15, 0.2) is 29.6 Å². The predicted octanol–water partition coefficient (Wildman–Crippen LogP) is 4.23. The molecule has 0 saturated carbocycles.